The molecule has 0 aromatic heterocycles. The van der Waals surface area contributed by atoms with E-state index in [2.05, 4.69) is 32.0 Å². The third kappa shape index (κ3) is 2.90. The zero-order valence-corrected chi connectivity index (χ0v) is 10.9. The van der Waals surface area contributed by atoms with Gasteiger partial charge in [0.15, 0.2) is 0 Å². The van der Waals surface area contributed by atoms with Crippen LogP contribution >= 0.6 is 0 Å². The van der Waals surface area contributed by atoms with Crippen LogP contribution in [0.5, 0.6) is 5.75 Å². The van der Waals surface area contributed by atoms with Crippen molar-refractivity contribution in [1.29, 1.82) is 0 Å². The lowest BCUT2D eigenvalue weighted by atomic mass is 10.0. The lowest BCUT2D eigenvalue weighted by Crippen LogP contribution is -2.01. The molecule has 0 radical (unpaired) electrons. The quantitative estimate of drug-likeness (QED) is 0.891. The third-order valence-electron chi connectivity index (χ3n) is 3.19. The summed E-state index contributed by atoms with van der Waals surface area (Å²) in [5, 5.41) is 0. The van der Waals surface area contributed by atoms with Crippen LogP contribution in [0.15, 0.2) is 42.5 Å². The lowest BCUT2D eigenvalue weighted by Gasteiger charge is -2.11. The minimum atomic E-state index is 0.567. The molecule has 2 aromatic carbocycles. The number of nitrogens with two attached hydrogens (primary N) is 1. The van der Waals surface area contributed by atoms with Crippen LogP contribution in [0.3, 0.4) is 0 Å². The molecule has 0 saturated carbocycles. The Morgan fingerprint density at radius 1 is 0.944 bits per heavy atom. The average Bonchev–Trinajstić information content (AvgIpc) is 2.39. The van der Waals surface area contributed by atoms with Crippen LogP contribution in [-0.4, -0.2) is 0 Å². The summed E-state index contributed by atoms with van der Waals surface area (Å²) in [5.41, 5.74) is 10.5. The van der Waals surface area contributed by atoms with Gasteiger partial charge in [-0.25, -0.2) is 0 Å². The molecule has 0 aliphatic carbocycles. The smallest absolute Gasteiger partial charge is 0.119 e. The molecule has 0 heterocycles. The van der Waals surface area contributed by atoms with Crippen molar-refractivity contribution in [3.05, 3.63) is 64.7 Å². The normalized spacial score (nSPS) is 10.4. The topological polar surface area (TPSA) is 35.2 Å². The second kappa shape index (κ2) is 5.69. The molecule has 0 aliphatic rings. The Morgan fingerprint density at radius 3 is 2.11 bits per heavy atom. The Balaban J connectivity index is 2.06. The van der Waals surface area contributed by atoms with Gasteiger partial charge in [-0.05, 0) is 48.2 Å². The molecule has 94 valence electrons. The maximum Gasteiger partial charge on any atom is 0.119 e. The fourth-order valence-corrected chi connectivity index (χ4v) is 1.95. The minimum absolute atomic E-state index is 0.567. The minimum Gasteiger partial charge on any atom is -0.489 e. The molecule has 2 rings (SSSR count). The van der Waals surface area contributed by atoms with Crippen molar-refractivity contribution in [3.63, 3.8) is 0 Å². The molecular formula is C16H19NO. The van der Waals surface area contributed by atoms with Gasteiger partial charge >= 0.3 is 0 Å². The van der Waals surface area contributed by atoms with E-state index >= 15 is 0 Å². The van der Waals surface area contributed by atoms with Crippen molar-refractivity contribution in [3.8, 4) is 5.75 Å². The highest BCUT2D eigenvalue weighted by Gasteiger charge is 2.03. The SMILES string of the molecule is Cc1cccc(C)c1COc1ccc(CN)cc1. The fraction of sp³-hybridized carbons (Fsp3) is 0.250. The number of benzene rings is 2. The number of hydrogen-bond acceptors (Lipinski definition) is 2. The van der Waals surface area contributed by atoms with E-state index in [9.17, 15) is 0 Å². The molecule has 0 atom stereocenters. The first-order chi connectivity index (χ1) is 8.70. The summed E-state index contributed by atoms with van der Waals surface area (Å²) in [4.78, 5) is 0. The van der Waals surface area contributed by atoms with E-state index in [0.29, 0.717) is 13.2 Å². The maximum absolute atomic E-state index is 5.81. The van der Waals surface area contributed by atoms with E-state index < -0.39 is 0 Å². The molecular weight excluding hydrogens is 222 g/mol. The van der Waals surface area contributed by atoms with Gasteiger partial charge in [-0.2, -0.15) is 0 Å². The van der Waals surface area contributed by atoms with Crippen molar-refractivity contribution < 1.29 is 4.74 Å². The Kier molecular flexibility index (Phi) is 4.00. The Morgan fingerprint density at radius 2 is 1.56 bits per heavy atom. The van der Waals surface area contributed by atoms with Crippen LogP contribution in [0.1, 0.15) is 22.3 Å². The van der Waals surface area contributed by atoms with Crippen LogP contribution in [0.4, 0.5) is 0 Å². The van der Waals surface area contributed by atoms with Crippen molar-refractivity contribution in [2.75, 3.05) is 0 Å². The van der Waals surface area contributed by atoms with Gasteiger partial charge in [0, 0.05) is 6.54 Å². The van der Waals surface area contributed by atoms with Gasteiger partial charge in [0.1, 0.15) is 12.4 Å². The van der Waals surface area contributed by atoms with Crippen LogP contribution in [-0.2, 0) is 13.2 Å². The first kappa shape index (κ1) is 12.7. The van der Waals surface area contributed by atoms with Crippen molar-refractivity contribution in [1.82, 2.24) is 0 Å². The Bertz CT molecular complexity index is 497. The zero-order valence-electron chi connectivity index (χ0n) is 10.9. The molecule has 0 bridgehead atoms. The standard InChI is InChI=1S/C16H19NO/c1-12-4-3-5-13(2)16(12)11-18-15-8-6-14(10-17)7-9-15/h3-9H,10-11,17H2,1-2H3. The molecule has 2 aromatic rings. The van der Waals surface area contributed by atoms with Crippen LogP contribution in [0.25, 0.3) is 0 Å². The van der Waals surface area contributed by atoms with Crippen molar-refractivity contribution in [2.45, 2.75) is 27.0 Å². The average molecular weight is 241 g/mol. The highest BCUT2D eigenvalue weighted by Crippen LogP contribution is 2.18. The summed E-state index contributed by atoms with van der Waals surface area (Å²) in [6, 6.07) is 14.2. The van der Waals surface area contributed by atoms with Gasteiger partial charge in [-0.3, -0.25) is 0 Å². The number of hydrogen-bond donors (Lipinski definition) is 1. The number of rotatable bonds is 4. The van der Waals surface area contributed by atoms with Gasteiger partial charge in [-0.15, -0.1) is 0 Å². The predicted molar refractivity (Wildman–Crippen MR) is 74.6 cm³/mol. The summed E-state index contributed by atoms with van der Waals surface area (Å²) in [5.74, 6) is 0.884. The highest BCUT2D eigenvalue weighted by atomic mass is 16.5. The van der Waals surface area contributed by atoms with E-state index in [-0.39, 0.29) is 0 Å². The van der Waals surface area contributed by atoms with Crippen molar-refractivity contribution in [2.24, 2.45) is 5.73 Å². The number of aryl methyl sites for hydroxylation is 2. The van der Waals surface area contributed by atoms with E-state index in [4.69, 9.17) is 10.5 Å². The van der Waals surface area contributed by atoms with Gasteiger partial charge in [-0.1, -0.05) is 30.3 Å². The summed E-state index contributed by atoms with van der Waals surface area (Å²) in [6.45, 7) is 5.41. The fourth-order valence-electron chi connectivity index (χ4n) is 1.95. The van der Waals surface area contributed by atoms with Gasteiger partial charge < -0.3 is 10.5 Å². The predicted octanol–water partition coefficient (Wildman–Crippen LogP) is 3.34. The number of ether oxygens (including phenoxy) is 1. The third-order valence-corrected chi connectivity index (χ3v) is 3.19. The summed E-state index contributed by atoms with van der Waals surface area (Å²) in [7, 11) is 0. The largest absolute Gasteiger partial charge is 0.489 e. The highest BCUT2D eigenvalue weighted by molar-refractivity contribution is 5.34. The van der Waals surface area contributed by atoms with Gasteiger partial charge in [0.05, 0.1) is 0 Å². The zero-order chi connectivity index (χ0) is 13.0. The van der Waals surface area contributed by atoms with Crippen LogP contribution < -0.4 is 10.5 Å². The Labute approximate surface area is 108 Å². The molecule has 0 unspecified atom stereocenters. The summed E-state index contributed by atoms with van der Waals surface area (Å²) >= 11 is 0. The molecule has 0 saturated heterocycles. The molecule has 0 amide bonds. The molecule has 18 heavy (non-hydrogen) atoms. The second-order valence-corrected chi connectivity index (χ2v) is 4.51. The van der Waals surface area contributed by atoms with Crippen LogP contribution in [0, 0.1) is 13.8 Å². The maximum atomic E-state index is 5.81. The molecule has 0 aliphatic heterocycles. The molecule has 2 nitrogen and oxygen atoms in total. The molecule has 2 heteroatoms. The first-order valence-corrected chi connectivity index (χ1v) is 6.17. The van der Waals surface area contributed by atoms with Gasteiger partial charge in [0.25, 0.3) is 0 Å². The first-order valence-electron chi connectivity index (χ1n) is 6.17. The molecule has 2 N–H and O–H groups in total. The van der Waals surface area contributed by atoms with Crippen molar-refractivity contribution >= 4 is 0 Å². The second-order valence-electron chi connectivity index (χ2n) is 4.51. The van der Waals surface area contributed by atoms with Gasteiger partial charge in [0.2, 0.25) is 0 Å². The summed E-state index contributed by atoms with van der Waals surface area (Å²) in [6.07, 6.45) is 0. The monoisotopic (exact) mass is 241 g/mol. The Hall–Kier alpha value is -1.80. The van der Waals surface area contributed by atoms with Crippen LogP contribution in [0.2, 0.25) is 0 Å². The van der Waals surface area contributed by atoms with E-state index in [0.717, 1.165) is 11.3 Å². The summed E-state index contributed by atoms with van der Waals surface area (Å²) < 4.78 is 5.81. The molecule has 0 fully saturated rings. The van der Waals surface area contributed by atoms with E-state index in [1.54, 1.807) is 0 Å². The molecule has 0 spiro atoms. The van der Waals surface area contributed by atoms with E-state index in [1.165, 1.54) is 16.7 Å². The van der Waals surface area contributed by atoms with E-state index in [1.807, 2.05) is 24.3 Å². The lowest BCUT2D eigenvalue weighted by molar-refractivity contribution is 0.304.